The van der Waals surface area contributed by atoms with E-state index in [1.165, 1.54) is 18.2 Å². The smallest absolute Gasteiger partial charge is 0.335 e. The minimum atomic E-state index is -3.44. The number of carbonyl (C=O) groups excluding carboxylic acids is 1. The van der Waals surface area contributed by atoms with Gasteiger partial charge in [0.05, 0.1) is 23.1 Å². The van der Waals surface area contributed by atoms with Crippen molar-refractivity contribution in [2.24, 2.45) is 0 Å². The summed E-state index contributed by atoms with van der Waals surface area (Å²) in [6.45, 7) is 3.58. The van der Waals surface area contributed by atoms with Crippen molar-refractivity contribution in [1.29, 1.82) is 0 Å². The molecule has 7 nitrogen and oxygen atoms in total. The number of sulfone groups is 1. The summed E-state index contributed by atoms with van der Waals surface area (Å²) in [4.78, 5) is 23.3. The third-order valence-electron chi connectivity index (χ3n) is 3.47. The van der Waals surface area contributed by atoms with Crippen LogP contribution in [-0.2, 0) is 14.6 Å². The molecule has 8 heteroatoms. The quantitative estimate of drug-likeness (QED) is 0.843. The topological polar surface area (TPSA) is 110 Å². The van der Waals surface area contributed by atoms with Crippen LogP contribution >= 0.6 is 0 Å². The van der Waals surface area contributed by atoms with E-state index < -0.39 is 27.0 Å². The normalized spacial score (nSPS) is 19.5. The number of hydrogen-bond acceptors (Lipinski definition) is 5. The number of carboxylic acids is 1. The van der Waals surface area contributed by atoms with Gasteiger partial charge in [0.25, 0.3) is 0 Å². The summed E-state index contributed by atoms with van der Waals surface area (Å²) >= 11 is 0. The van der Waals surface area contributed by atoms with Crippen molar-refractivity contribution in [2.75, 3.05) is 11.1 Å². The molecule has 0 aliphatic carbocycles. The van der Waals surface area contributed by atoms with Crippen LogP contribution in [0.2, 0.25) is 0 Å². The molecular formula is C15H19NO6S. The summed E-state index contributed by atoms with van der Waals surface area (Å²) in [5.41, 5.74) is 0.136. The zero-order chi connectivity index (χ0) is 17.2. The molecule has 0 radical (unpaired) electrons. The van der Waals surface area contributed by atoms with Gasteiger partial charge in [0.1, 0.15) is 11.0 Å². The second-order valence-electron chi connectivity index (χ2n) is 5.67. The molecule has 126 valence electrons. The minimum absolute atomic E-state index is 0.00436. The summed E-state index contributed by atoms with van der Waals surface area (Å²) in [5.74, 6) is -1.51. The zero-order valence-electron chi connectivity index (χ0n) is 12.9. The lowest BCUT2D eigenvalue weighted by Crippen LogP contribution is -2.32. The van der Waals surface area contributed by atoms with Gasteiger partial charge < -0.3 is 15.2 Å². The van der Waals surface area contributed by atoms with E-state index in [-0.39, 0.29) is 29.5 Å². The molecule has 1 aliphatic rings. The molecule has 0 spiro atoms. The van der Waals surface area contributed by atoms with E-state index in [9.17, 15) is 18.0 Å². The molecule has 1 atom stereocenters. The number of nitrogens with one attached hydrogen (secondary N) is 1. The third-order valence-corrected chi connectivity index (χ3v) is 5.64. The van der Waals surface area contributed by atoms with Crippen molar-refractivity contribution < 1.29 is 27.9 Å². The molecule has 1 amide bonds. The first kappa shape index (κ1) is 17.3. The van der Waals surface area contributed by atoms with Crippen LogP contribution in [0.1, 0.15) is 37.0 Å². The number of hydrogen-bond donors (Lipinski definition) is 2. The van der Waals surface area contributed by atoms with Gasteiger partial charge in [-0.2, -0.15) is 0 Å². The van der Waals surface area contributed by atoms with E-state index in [1.54, 1.807) is 13.8 Å². The van der Waals surface area contributed by atoms with Crippen molar-refractivity contribution in [1.82, 2.24) is 0 Å². The van der Waals surface area contributed by atoms with Crippen LogP contribution in [0.25, 0.3) is 0 Å². The number of carboxylic acid groups (broad SMARTS) is 1. The highest BCUT2D eigenvalue weighted by atomic mass is 32.2. The van der Waals surface area contributed by atoms with E-state index in [0.29, 0.717) is 12.2 Å². The SMILES string of the molecule is CC(C)Oc1ccc(C(=O)O)cc1NC(=O)C1CCCS1(=O)=O. The van der Waals surface area contributed by atoms with Gasteiger partial charge in [0.2, 0.25) is 5.91 Å². The van der Waals surface area contributed by atoms with Gasteiger partial charge in [0, 0.05) is 0 Å². The monoisotopic (exact) mass is 341 g/mol. The lowest BCUT2D eigenvalue weighted by Gasteiger charge is -2.17. The fourth-order valence-electron chi connectivity index (χ4n) is 2.42. The first-order valence-corrected chi connectivity index (χ1v) is 8.98. The standard InChI is InChI=1S/C15H19NO6S/c1-9(2)22-12-6-5-10(15(18)19)8-11(12)16-14(17)13-4-3-7-23(13,20)21/h5-6,8-9,13H,3-4,7H2,1-2H3,(H,16,17)(H,18,19). The van der Waals surface area contributed by atoms with Crippen LogP contribution < -0.4 is 10.1 Å². The average molecular weight is 341 g/mol. The molecule has 2 N–H and O–H groups in total. The van der Waals surface area contributed by atoms with E-state index in [4.69, 9.17) is 9.84 Å². The van der Waals surface area contributed by atoms with Crippen molar-refractivity contribution >= 4 is 27.4 Å². The molecular weight excluding hydrogens is 322 g/mol. The maximum Gasteiger partial charge on any atom is 0.335 e. The molecule has 23 heavy (non-hydrogen) atoms. The van der Waals surface area contributed by atoms with Gasteiger partial charge in [0.15, 0.2) is 9.84 Å². The van der Waals surface area contributed by atoms with Crippen molar-refractivity contribution in [3.05, 3.63) is 23.8 Å². The summed E-state index contributed by atoms with van der Waals surface area (Å²) in [5, 5.41) is 10.5. The van der Waals surface area contributed by atoms with Crippen LogP contribution in [0.5, 0.6) is 5.75 Å². The Hall–Kier alpha value is -2.09. The summed E-state index contributed by atoms with van der Waals surface area (Å²) < 4.78 is 29.2. The van der Waals surface area contributed by atoms with E-state index >= 15 is 0 Å². The van der Waals surface area contributed by atoms with Gasteiger partial charge in [-0.15, -0.1) is 0 Å². The molecule has 1 heterocycles. The number of amides is 1. The maximum atomic E-state index is 12.3. The van der Waals surface area contributed by atoms with Gasteiger partial charge in [-0.05, 0) is 44.9 Å². The van der Waals surface area contributed by atoms with Crippen molar-refractivity contribution in [3.63, 3.8) is 0 Å². The first-order valence-electron chi connectivity index (χ1n) is 7.27. The summed E-state index contributed by atoms with van der Waals surface area (Å²) in [6.07, 6.45) is 0.537. The van der Waals surface area contributed by atoms with Crippen LogP contribution in [-0.4, -0.2) is 42.5 Å². The predicted octanol–water partition coefficient (Wildman–Crippen LogP) is 1.69. The fraction of sp³-hybridized carbons (Fsp3) is 0.467. The molecule has 1 aliphatic heterocycles. The van der Waals surface area contributed by atoms with Crippen LogP contribution in [0.3, 0.4) is 0 Å². The van der Waals surface area contributed by atoms with Crippen LogP contribution in [0.4, 0.5) is 5.69 Å². The Kier molecular flexibility index (Phi) is 4.93. The van der Waals surface area contributed by atoms with E-state index in [0.717, 1.165) is 0 Å². The second kappa shape index (κ2) is 6.57. The first-order chi connectivity index (χ1) is 10.7. The van der Waals surface area contributed by atoms with Crippen molar-refractivity contribution in [2.45, 2.75) is 38.0 Å². The zero-order valence-corrected chi connectivity index (χ0v) is 13.7. The highest BCUT2D eigenvalue weighted by molar-refractivity contribution is 7.93. The minimum Gasteiger partial charge on any atom is -0.489 e. The average Bonchev–Trinajstić information content (AvgIpc) is 2.79. The molecule has 1 unspecified atom stereocenters. The third kappa shape index (κ3) is 4.01. The Labute approximate surface area is 134 Å². The number of anilines is 1. The van der Waals surface area contributed by atoms with Crippen molar-refractivity contribution in [3.8, 4) is 5.75 Å². The van der Waals surface area contributed by atoms with E-state index in [1.807, 2.05) is 0 Å². The number of benzene rings is 1. The summed E-state index contributed by atoms with van der Waals surface area (Å²) in [6, 6.07) is 4.07. The lowest BCUT2D eigenvalue weighted by atomic mass is 10.1. The van der Waals surface area contributed by atoms with Gasteiger partial charge in [-0.1, -0.05) is 0 Å². The Morgan fingerprint density at radius 1 is 1.35 bits per heavy atom. The maximum absolute atomic E-state index is 12.3. The molecule has 1 saturated heterocycles. The highest BCUT2D eigenvalue weighted by Crippen LogP contribution is 2.29. The number of rotatable bonds is 5. The van der Waals surface area contributed by atoms with Crippen LogP contribution in [0, 0.1) is 0 Å². The van der Waals surface area contributed by atoms with Gasteiger partial charge in [-0.3, -0.25) is 4.79 Å². The molecule has 1 fully saturated rings. The second-order valence-corrected chi connectivity index (χ2v) is 7.97. The van der Waals surface area contributed by atoms with Gasteiger partial charge in [-0.25, -0.2) is 13.2 Å². The largest absolute Gasteiger partial charge is 0.489 e. The number of aromatic carboxylic acids is 1. The van der Waals surface area contributed by atoms with E-state index in [2.05, 4.69) is 5.32 Å². The number of carbonyl (C=O) groups is 2. The Bertz CT molecular complexity index is 725. The predicted molar refractivity (Wildman–Crippen MR) is 84.6 cm³/mol. The Morgan fingerprint density at radius 2 is 2.04 bits per heavy atom. The molecule has 0 bridgehead atoms. The molecule has 1 aromatic rings. The van der Waals surface area contributed by atoms with Crippen LogP contribution in [0.15, 0.2) is 18.2 Å². The molecule has 1 aromatic carbocycles. The highest BCUT2D eigenvalue weighted by Gasteiger charge is 2.37. The lowest BCUT2D eigenvalue weighted by molar-refractivity contribution is -0.115. The number of ether oxygens (including phenoxy) is 1. The molecule has 0 saturated carbocycles. The Morgan fingerprint density at radius 3 is 2.57 bits per heavy atom. The fourth-order valence-corrected chi connectivity index (χ4v) is 4.18. The summed E-state index contributed by atoms with van der Waals surface area (Å²) in [7, 11) is -3.44. The molecule has 2 rings (SSSR count). The Balaban J connectivity index is 2.30. The van der Waals surface area contributed by atoms with Gasteiger partial charge >= 0.3 is 5.97 Å². The molecule has 0 aromatic heterocycles.